The van der Waals surface area contributed by atoms with Gasteiger partial charge in [-0.25, -0.2) is 4.98 Å². The summed E-state index contributed by atoms with van der Waals surface area (Å²) in [6, 6.07) is 18.5. The van der Waals surface area contributed by atoms with Gasteiger partial charge in [-0.05, 0) is 74.4 Å². The summed E-state index contributed by atoms with van der Waals surface area (Å²) in [6.45, 7) is 7.93. The Bertz CT molecular complexity index is 1330. The van der Waals surface area contributed by atoms with Crippen molar-refractivity contribution in [1.82, 2.24) is 9.97 Å². The van der Waals surface area contributed by atoms with Gasteiger partial charge in [0.2, 0.25) is 0 Å². The van der Waals surface area contributed by atoms with E-state index >= 15 is 0 Å². The Balaban J connectivity index is 1.72. The average molecular weight is 438 g/mol. The summed E-state index contributed by atoms with van der Waals surface area (Å²) >= 11 is 0. The van der Waals surface area contributed by atoms with E-state index in [2.05, 4.69) is 16.4 Å². The zero-order valence-electron chi connectivity index (χ0n) is 19.3. The lowest BCUT2D eigenvalue weighted by Crippen LogP contribution is -2.14. The van der Waals surface area contributed by atoms with Crippen LogP contribution in [-0.2, 0) is 0 Å². The van der Waals surface area contributed by atoms with Crippen LogP contribution in [-0.4, -0.2) is 21.7 Å². The second-order valence-corrected chi connectivity index (χ2v) is 8.45. The van der Waals surface area contributed by atoms with E-state index in [0.29, 0.717) is 28.2 Å². The third-order valence-electron chi connectivity index (χ3n) is 5.91. The first kappa shape index (κ1) is 22.3. The lowest BCUT2D eigenvalue weighted by atomic mass is 9.97. The van der Waals surface area contributed by atoms with Crippen LogP contribution in [0.15, 0.2) is 66.9 Å². The number of carbonyl (C=O) groups excluding carboxylic acids is 2. The molecule has 0 spiro atoms. The van der Waals surface area contributed by atoms with Crippen LogP contribution in [0.25, 0.3) is 22.3 Å². The number of nitrogens with zero attached hydrogens (tertiary/aromatic N) is 2. The highest BCUT2D eigenvalue weighted by molar-refractivity contribution is 6.13. The molecule has 0 aliphatic carbocycles. The summed E-state index contributed by atoms with van der Waals surface area (Å²) in [5.41, 5.74) is 6.03. The first-order chi connectivity index (χ1) is 15.9. The molecular weight excluding hydrogens is 410 g/mol. The number of amides is 1. The quantitative estimate of drug-likeness (QED) is 0.355. The number of benzene rings is 2. The van der Waals surface area contributed by atoms with Crippen molar-refractivity contribution in [3.63, 3.8) is 0 Å². The second kappa shape index (κ2) is 9.33. The van der Waals surface area contributed by atoms with E-state index in [0.717, 1.165) is 28.5 Å². The summed E-state index contributed by atoms with van der Waals surface area (Å²) in [5, 5.41) is 3.78. The van der Waals surface area contributed by atoms with Crippen LogP contribution >= 0.6 is 0 Å². The molecule has 0 aliphatic rings. The van der Waals surface area contributed by atoms with Gasteiger partial charge in [0.05, 0.1) is 22.5 Å². The van der Waals surface area contributed by atoms with E-state index in [1.54, 1.807) is 36.5 Å². The van der Waals surface area contributed by atoms with Crippen LogP contribution in [0.4, 0.5) is 5.69 Å². The molecule has 166 valence electrons. The van der Waals surface area contributed by atoms with Gasteiger partial charge in [-0.1, -0.05) is 31.5 Å². The molecule has 0 aliphatic heterocycles. The topological polar surface area (TPSA) is 72.0 Å². The highest BCUT2D eigenvalue weighted by atomic mass is 16.1. The van der Waals surface area contributed by atoms with Crippen molar-refractivity contribution >= 4 is 28.3 Å². The summed E-state index contributed by atoms with van der Waals surface area (Å²) in [4.78, 5) is 35.0. The summed E-state index contributed by atoms with van der Waals surface area (Å²) in [7, 11) is 0. The smallest absolute Gasteiger partial charge is 0.256 e. The van der Waals surface area contributed by atoms with Crippen molar-refractivity contribution in [3.8, 4) is 11.4 Å². The highest BCUT2D eigenvalue weighted by Gasteiger charge is 2.17. The van der Waals surface area contributed by atoms with Crippen LogP contribution < -0.4 is 5.32 Å². The molecule has 0 saturated carbocycles. The third kappa shape index (κ3) is 4.67. The fraction of sp³-hybridized carbons (Fsp3) is 0.214. The van der Waals surface area contributed by atoms with Crippen LogP contribution in [0.5, 0.6) is 0 Å². The number of hydrogen-bond donors (Lipinski definition) is 1. The van der Waals surface area contributed by atoms with Gasteiger partial charge < -0.3 is 5.32 Å². The normalized spacial score (nSPS) is 11.9. The Morgan fingerprint density at radius 1 is 0.970 bits per heavy atom. The minimum Gasteiger partial charge on any atom is -0.322 e. The van der Waals surface area contributed by atoms with Gasteiger partial charge in [0.1, 0.15) is 0 Å². The Hall–Kier alpha value is -3.86. The molecule has 0 fully saturated rings. The average Bonchev–Trinajstić information content (AvgIpc) is 2.83. The SMILES string of the molecule is CCC(C)C(=O)c1ccc(NC(=O)c2cc(-c3ccccn3)nc3c(C)cc(C)cc23)cc1. The molecular formula is C28H27N3O2. The Morgan fingerprint density at radius 2 is 1.73 bits per heavy atom. The number of ketones is 1. The molecule has 0 bridgehead atoms. The molecule has 1 unspecified atom stereocenters. The van der Waals surface area contributed by atoms with Crippen molar-refractivity contribution in [3.05, 3.63) is 89.1 Å². The van der Waals surface area contributed by atoms with Crippen molar-refractivity contribution < 1.29 is 9.59 Å². The lowest BCUT2D eigenvalue weighted by Gasteiger charge is -2.13. The maximum atomic E-state index is 13.4. The number of aromatic nitrogens is 2. The van der Waals surface area contributed by atoms with Crippen molar-refractivity contribution in [2.75, 3.05) is 5.32 Å². The van der Waals surface area contributed by atoms with E-state index in [-0.39, 0.29) is 17.6 Å². The van der Waals surface area contributed by atoms with Crippen LogP contribution in [0, 0.1) is 19.8 Å². The highest BCUT2D eigenvalue weighted by Crippen LogP contribution is 2.28. The minimum absolute atomic E-state index is 0.0230. The van der Waals surface area contributed by atoms with E-state index in [4.69, 9.17) is 4.98 Å². The van der Waals surface area contributed by atoms with Crippen LogP contribution in [0.3, 0.4) is 0 Å². The van der Waals surface area contributed by atoms with Gasteiger partial charge in [0.25, 0.3) is 5.91 Å². The molecule has 1 N–H and O–H groups in total. The molecule has 0 saturated heterocycles. The second-order valence-electron chi connectivity index (χ2n) is 8.45. The summed E-state index contributed by atoms with van der Waals surface area (Å²) in [6.07, 6.45) is 2.51. The van der Waals surface area contributed by atoms with E-state index in [9.17, 15) is 9.59 Å². The molecule has 1 atom stereocenters. The number of carbonyl (C=O) groups is 2. The summed E-state index contributed by atoms with van der Waals surface area (Å²) in [5.74, 6) is -0.142. The number of aryl methyl sites for hydroxylation is 2. The fourth-order valence-corrected chi connectivity index (χ4v) is 3.90. The monoisotopic (exact) mass is 437 g/mol. The Labute approximate surface area is 193 Å². The fourth-order valence-electron chi connectivity index (χ4n) is 3.90. The number of hydrogen-bond acceptors (Lipinski definition) is 4. The lowest BCUT2D eigenvalue weighted by molar-refractivity contribution is 0.0927. The van der Waals surface area contributed by atoms with Gasteiger partial charge in [0, 0.05) is 28.8 Å². The summed E-state index contributed by atoms with van der Waals surface area (Å²) < 4.78 is 0. The van der Waals surface area contributed by atoms with Gasteiger partial charge in [-0.15, -0.1) is 0 Å². The van der Waals surface area contributed by atoms with Gasteiger partial charge in [-0.2, -0.15) is 0 Å². The standard InChI is InChI=1S/C28H27N3O2/c1-5-18(3)27(32)20-9-11-21(12-10-20)30-28(33)23-16-25(24-8-6-7-13-29-24)31-26-19(4)14-17(2)15-22(23)26/h6-16,18H,5H2,1-4H3,(H,30,33). The van der Waals surface area contributed by atoms with Gasteiger partial charge in [0.15, 0.2) is 5.78 Å². The first-order valence-electron chi connectivity index (χ1n) is 11.2. The van der Waals surface area contributed by atoms with Crippen LogP contribution in [0.1, 0.15) is 52.1 Å². The van der Waals surface area contributed by atoms with E-state index in [1.165, 1.54) is 0 Å². The Morgan fingerprint density at radius 3 is 2.39 bits per heavy atom. The number of fused-ring (bicyclic) bond motifs is 1. The minimum atomic E-state index is -0.231. The maximum Gasteiger partial charge on any atom is 0.256 e. The maximum absolute atomic E-state index is 13.4. The van der Waals surface area contributed by atoms with Crippen molar-refractivity contribution in [1.29, 1.82) is 0 Å². The molecule has 33 heavy (non-hydrogen) atoms. The molecule has 1 amide bonds. The first-order valence-corrected chi connectivity index (χ1v) is 11.2. The van der Waals surface area contributed by atoms with Gasteiger partial charge in [-0.3, -0.25) is 14.6 Å². The van der Waals surface area contributed by atoms with Crippen LogP contribution in [0.2, 0.25) is 0 Å². The number of nitrogens with one attached hydrogen (secondary N) is 1. The number of pyridine rings is 2. The molecule has 4 aromatic rings. The predicted octanol–water partition coefficient (Wildman–Crippen LogP) is 6.39. The van der Waals surface area contributed by atoms with E-state index in [1.807, 2.05) is 52.0 Å². The van der Waals surface area contributed by atoms with E-state index < -0.39 is 0 Å². The molecule has 5 heteroatoms. The number of anilines is 1. The Kier molecular flexibility index (Phi) is 6.31. The van der Waals surface area contributed by atoms with Crippen molar-refractivity contribution in [2.45, 2.75) is 34.1 Å². The number of rotatable bonds is 6. The predicted molar refractivity (Wildman–Crippen MR) is 133 cm³/mol. The third-order valence-corrected chi connectivity index (χ3v) is 5.91. The van der Waals surface area contributed by atoms with Gasteiger partial charge >= 0.3 is 0 Å². The molecule has 4 rings (SSSR count). The molecule has 5 nitrogen and oxygen atoms in total. The molecule has 2 aromatic carbocycles. The molecule has 2 heterocycles. The zero-order chi connectivity index (χ0) is 23.5. The largest absolute Gasteiger partial charge is 0.322 e. The molecule has 2 aromatic heterocycles. The molecule has 0 radical (unpaired) electrons. The number of Topliss-reactive ketones (excluding diaryl/α,β-unsaturated/α-hetero) is 1. The van der Waals surface area contributed by atoms with Crippen molar-refractivity contribution in [2.24, 2.45) is 5.92 Å². The zero-order valence-corrected chi connectivity index (χ0v) is 19.3.